The fraction of sp³-hybridized carbons (Fsp3) is 0.500. The van der Waals surface area contributed by atoms with E-state index in [0.717, 1.165) is 0 Å². The highest BCUT2D eigenvalue weighted by molar-refractivity contribution is 6.01. The maximum absolute atomic E-state index is 12.3. The number of carbonyl (C=O) groups excluding carboxylic acids is 1. The summed E-state index contributed by atoms with van der Waals surface area (Å²) in [6, 6.07) is 0.428. The summed E-state index contributed by atoms with van der Waals surface area (Å²) in [7, 11) is 0. The Labute approximate surface area is 129 Å². The quantitative estimate of drug-likeness (QED) is 0.314. The lowest BCUT2D eigenvalue weighted by Crippen LogP contribution is -2.66. The molecule has 9 heteroatoms. The molecule has 23 heavy (non-hydrogen) atoms. The van der Waals surface area contributed by atoms with Crippen molar-refractivity contribution in [2.24, 2.45) is 0 Å². The second kappa shape index (κ2) is 4.71. The molecule has 1 aromatic carbocycles. The molecule has 2 aliphatic heterocycles. The van der Waals surface area contributed by atoms with Crippen molar-refractivity contribution < 1.29 is 39.8 Å². The van der Waals surface area contributed by atoms with Crippen molar-refractivity contribution in [1.29, 1.82) is 0 Å². The van der Waals surface area contributed by atoms with Gasteiger partial charge in [-0.05, 0) is 11.6 Å². The lowest BCUT2D eigenvalue weighted by Gasteiger charge is -2.47. The molecule has 1 amide bonds. The van der Waals surface area contributed by atoms with E-state index >= 15 is 0 Å². The first-order valence-corrected chi connectivity index (χ1v) is 7.10. The maximum Gasteiger partial charge on any atom is 0.255 e. The van der Waals surface area contributed by atoms with E-state index in [1.165, 1.54) is 6.07 Å². The van der Waals surface area contributed by atoms with Gasteiger partial charge in [0.15, 0.2) is 11.5 Å². The average molecular weight is 325 g/mol. The zero-order valence-electron chi connectivity index (χ0n) is 11.7. The summed E-state index contributed by atoms with van der Waals surface area (Å²) in [5, 5.41) is 52.9. The molecular formula is C14H15NO8. The van der Waals surface area contributed by atoms with Crippen molar-refractivity contribution in [2.75, 3.05) is 6.79 Å². The van der Waals surface area contributed by atoms with Crippen molar-refractivity contribution >= 4 is 5.91 Å². The highest BCUT2D eigenvalue weighted by Gasteiger charge is 2.53. The van der Waals surface area contributed by atoms with E-state index in [9.17, 15) is 30.3 Å². The predicted octanol–water partition coefficient (Wildman–Crippen LogP) is -2.23. The molecule has 2 heterocycles. The van der Waals surface area contributed by atoms with Crippen molar-refractivity contribution in [3.8, 4) is 17.2 Å². The Balaban J connectivity index is 1.91. The van der Waals surface area contributed by atoms with Crippen LogP contribution in [0.25, 0.3) is 0 Å². The minimum Gasteiger partial charge on any atom is -0.504 e. The summed E-state index contributed by atoms with van der Waals surface area (Å²) in [4.78, 5) is 12.3. The summed E-state index contributed by atoms with van der Waals surface area (Å²) in [6.07, 6.45) is -6.11. The largest absolute Gasteiger partial charge is 0.504 e. The third kappa shape index (κ3) is 1.78. The Hall–Kier alpha value is -2.07. The van der Waals surface area contributed by atoms with Gasteiger partial charge in [0.1, 0.15) is 18.3 Å². The van der Waals surface area contributed by atoms with E-state index in [1.807, 2.05) is 0 Å². The maximum atomic E-state index is 12.3. The summed E-state index contributed by atoms with van der Waals surface area (Å²) in [6.45, 7) is -0.117. The van der Waals surface area contributed by atoms with E-state index in [1.54, 1.807) is 0 Å². The van der Waals surface area contributed by atoms with Crippen LogP contribution in [0.2, 0.25) is 0 Å². The highest BCUT2D eigenvalue weighted by Crippen LogP contribution is 2.49. The molecule has 1 aromatic rings. The van der Waals surface area contributed by atoms with Crippen LogP contribution in [0.4, 0.5) is 0 Å². The fourth-order valence-electron chi connectivity index (χ4n) is 3.58. The number of rotatable bonds is 0. The van der Waals surface area contributed by atoms with Gasteiger partial charge in [-0.1, -0.05) is 0 Å². The van der Waals surface area contributed by atoms with Gasteiger partial charge in [-0.3, -0.25) is 4.79 Å². The number of ether oxygens (including phenoxy) is 2. The fourth-order valence-corrected chi connectivity index (χ4v) is 3.58. The molecule has 4 rings (SSSR count). The van der Waals surface area contributed by atoms with Gasteiger partial charge in [-0.15, -0.1) is 0 Å². The number of carbonyl (C=O) groups is 1. The van der Waals surface area contributed by atoms with Gasteiger partial charge in [0.25, 0.3) is 5.91 Å². The van der Waals surface area contributed by atoms with E-state index in [0.29, 0.717) is 0 Å². The lowest BCUT2D eigenvalue weighted by molar-refractivity contribution is -0.155. The minimum absolute atomic E-state index is 0.0313. The number of phenols is 1. The number of aliphatic hydroxyl groups excluding tert-OH is 4. The van der Waals surface area contributed by atoms with Crippen LogP contribution < -0.4 is 14.8 Å². The number of phenolic OH excluding ortho intramolecular Hbond substituents is 1. The number of aromatic hydroxyl groups is 1. The van der Waals surface area contributed by atoms with E-state index in [-0.39, 0.29) is 29.4 Å². The highest BCUT2D eigenvalue weighted by atomic mass is 16.7. The first-order valence-electron chi connectivity index (χ1n) is 7.10. The monoisotopic (exact) mass is 325 g/mol. The Morgan fingerprint density at radius 1 is 1.04 bits per heavy atom. The summed E-state index contributed by atoms with van der Waals surface area (Å²) in [5.41, 5.74) is 0.114. The average Bonchev–Trinajstić information content (AvgIpc) is 2.99. The van der Waals surface area contributed by atoms with Crippen LogP contribution >= 0.6 is 0 Å². The SMILES string of the molecule is O=C1N[C@H]2[C@H](O)[C@H](O)[C@@H](O)[C@H](O)[C@H]2c2cc3c(c(O)c21)OCO3. The summed E-state index contributed by atoms with van der Waals surface area (Å²) >= 11 is 0. The number of hydrogen-bond acceptors (Lipinski definition) is 8. The van der Waals surface area contributed by atoms with Crippen molar-refractivity contribution in [2.45, 2.75) is 36.4 Å². The Morgan fingerprint density at radius 3 is 2.48 bits per heavy atom. The molecule has 0 bridgehead atoms. The van der Waals surface area contributed by atoms with Gasteiger partial charge in [0.2, 0.25) is 12.5 Å². The third-order valence-electron chi connectivity index (χ3n) is 4.73. The number of hydrogen-bond donors (Lipinski definition) is 6. The van der Waals surface area contributed by atoms with Crippen LogP contribution in [0.3, 0.4) is 0 Å². The van der Waals surface area contributed by atoms with Crippen LogP contribution in [0.1, 0.15) is 21.8 Å². The number of benzene rings is 1. The van der Waals surface area contributed by atoms with Gasteiger partial charge < -0.3 is 40.3 Å². The number of fused-ring (bicyclic) bond motifs is 4. The van der Waals surface area contributed by atoms with Crippen LogP contribution in [0.15, 0.2) is 6.07 Å². The number of nitrogens with one attached hydrogen (secondary N) is 1. The first-order chi connectivity index (χ1) is 10.9. The molecule has 9 nitrogen and oxygen atoms in total. The van der Waals surface area contributed by atoms with Gasteiger partial charge in [-0.2, -0.15) is 0 Å². The van der Waals surface area contributed by atoms with E-state index in [2.05, 4.69) is 5.32 Å². The van der Waals surface area contributed by atoms with Crippen molar-refractivity contribution in [3.05, 3.63) is 17.2 Å². The summed E-state index contributed by atoms with van der Waals surface area (Å²) < 4.78 is 10.3. The molecule has 0 saturated heterocycles. The second-order valence-electron chi connectivity index (χ2n) is 5.91. The molecule has 3 aliphatic rings. The topological polar surface area (TPSA) is 149 Å². The smallest absolute Gasteiger partial charge is 0.255 e. The zero-order valence-corrected chi connectivity index (χ0v) is 11.7. The first kappa shape index (κ1) is 14.5. The van der Waals surface area contributed by atoms with Crippen LogP contribution in [0, 0.1) is 0 Å². The van der Waals surface area contributed by atoms with Gasteiger partial charge in [0.05, 0.1) is 17.7 Å². The molecule has 1 fully saturated rings. The van der Waals surface area contributed by atoms with Gasteiger partial charge >= 0.3 is 0 Å². The molecule has 6 atom stereocenters. The number of amides is 1. The minimum atomic E-state index is -1.60. The Kier molecular flexibility index (Phi) is 2.97. The Morgan fingerprint density at radius 2 is 1.74 bits per heavy atom. The third-order valence-corrected chi connectivity index (χ3v) is 4.73. The van der Waals surface area contributed by atoms with Gasteiger partial charge in [-0.25, -0.2) is 0 Å². The molecule has 6 N–H and O–H groups in total. The standard InChI is InChI=1S/C14H15NO8/c16-8-5-3-1-4-13(23-2-22-4)9(17)6(3)14(21)15-7(5)10(18)12(20)11(8)19/h1,5,7-8,10-12,16-20H,2H2,(H,15,21)/t5-,7+,8+,10-,11-,12-/m0/s1. The predicted molar refractivity (Wildman–Crippen MR) is 72.3 cm³/mol. The lowest BCUT2D eigenvalue weighted by atomic mass is 9.70. The molecular weight excluding hydrogens is 310 g/mol. The number of aliphatic hydroxyl groups is 4. The normalized spacial score (nSPS) is 37.8. The molecule has 124 valence electrons. The van der Waals surface area contributed by atoms with E-state index in [4.69, 9.17) is 9.47 Å². The Bertz CT molecular complexity index is 692. The molecule has 0 aromatic heterocycles. The van der Waals surface area contributed by atoms with Crippen LogP contribution in [-0.4, -0.2) is 68.7 Å². The molecule has 1 saturated carbocycles. The van der Waals surface area contributed by atoms with E-state index < -0.39 is 48.0 Å². The van der Waals surface area contributed by atoms with Gasteiger partial charge in [0, 0.05) is 5.92 Å². The molecule has 0 spiro atoms. The van der Waals surface area contributed by atoms with Crippen LogP contribution in [-0.2, 0) is 0 Å². The van der Waals surface area contributed by atoms with Crippen molar-refractivity contribution in [1.82, 2.24) is 5.32 Å². The van der Waals surface area contributed by atoms with Crippen LogP contribution in [0.5, 0.6) is 17.2 Å². The zero-order chi connectivity index (χ0) is 16.5. The molecule has 1 aliphatic carbocycles. The second-order valence-corrected chi connectivity index (χ2v) is 5.91. The molecule has 0 unspecified atom stereocenters. The summed E-state index contributed by atoms with van der Waals surface area (Å²) in [5.74, 6) is -1.78. The molecule has 0 radical (unpaired) electrons. The van der Waals surface area contributed by atoms with Crippen molar-refractivity contribution in [3.63, 3.8) is 0 Å².